The summed E-state index contributed by atoms with van der Waals surface area (Å²) in [4.78, 5) is 24.8. The van der Waals surface area contributed by atoms with Crippen molar-refractivity contribution in [1.29, 1.82) is 0 Å². The Labute approximate surface area is 139 Å². The second-order valence-electron chi connectivity index (χ2n) is 5.36. The van der Waals surface area contributed by atoms with E-state index < -0.39 is 5.63 Å². The van der Waals surface area contributed by atoms with Gasteiger partial charge in [0.2, 0.25) is 5.78 Å². The SMILES string of the molecule is C=CCOc1ccc2c(C)cc(=O)oc2c1C(=O)c1ccccc1. The van der Waals surface area contributed by atoms with Gasteiger partial charge in [0.15, 0.2) is 5.58 Å². The van der Waals surface area contributed by atoms with Gasteiger partial charge in [0, 0.05) is 17.0 Å². The van der Waals surface area contributed by atoms with Crippen LogP contribution in [-0.4, -0.2) is 12.4 Å². The van der Waals surface area contributed by atoms with Crippen molar-refractivity contribution in [2.24, 2.45) is 0 Å². The number of hydrogen-bond acceptors (Lipinski definition) is 4. The van der Waals surface area contributed by atoms with Crippen LogP contribution in [0.3, 0.4) is 0 Å². The molecule has 0 fully saturated rings. The lowest BCUT2D eigenvalue weighted by Gasteiger charge is -2.12. The topological polar surface area (TPSA) is 56.5 Å². The van der Waals surface area contributed by atoms with Gasteiger partial charge in [-0.3, -0.25) is 4.79 Å². The zero-order chi connectivity index (χ0) is 17.1. The summed E-state index contributed by atoms with van der Waals surface area (Å²) < 4.78 is 11.0. The Morgan fingerprint density at radius 1 is 1.21 bits per heavy atom. The van der Waals surface area contributed by atoms with Gasteiger partial charge in [-0.1, -0.05) is 43.0 Å². The molecule has 4 nitrogen and oxygen atoms in total. The molecule has 1 aromatic heterocycles. The second-order valence-corrected chi connectivity index (χ2v) is 5.36. The minimum atomic E-state index is -0.497. The Morgan fingerprint density at radius 3 is 2.67 bits per heavy atom. The molecule has 0 aliphatic carbocycles. The summed E-state index contributed by atoms with van der Waals surface area (Å²) in [5, 5.41) is 0.708. The van der Waals surface area contributed by atoms with Crippen molar-refractivity contribution in [3.05, 3.63) is 88.3 Å². The largest absolute Gasteiger partial charge is 0.489 e. The third-order valence-electron chi connectivity index (χ3n) is 3.70. The molecule has 4 heteroatoms. The molecule has 1 heterocycles. The minimum Gasteiger partial charge on any atom is -0.489 e. The summed E-state index contributed by atoms with van der Waals surface area (Å²) in [6.07, 6.45) is 1.59. The molecule has 0 unspecified atom stereocenters. The average Bonchev–Trinajstić information content (AvgIpc) is 2.59. The van der Waals surface area contributed by atoms with E-state index in [9.17, 15) is 9.59 Å². The number of carbonyl (C=O) groups excluding carboxylic acids is 1. The first-order valence-corrected chi connectivity index (χ1v) is 7.52. The van der Waals surface area contributed by atoms with Gasteiger partial charge in [-0.2, -0.15) is 0 Å². The minimum absolute atomic E-state index is 0.246. The zero-order valence-corrected chi connectivity index (χ0v) is 13.2. The summed E-state index contributed by atoms with van der Waals surface area (Å²) >= 11 is 0. The van der Waals surface area contributed by atoms with Crippen LogP contribution in [0, 0.1) is 6.92 Å². The Morgan fingerprint density at radius 2 is 1.96 bits per heavy atom. The summed E-state index contributed by atoms with van der Waals surface area (Å²) in [5.41, 5.74) is 1.25. The van der Waals surface area contributed by atoms with Crippen LogP contribution in [0.2, 0.25) is 0 Å². The van der Waals surface area contributed by atoms with Gasteiger partial charge in [-0.25, -0.2) is 4.79 Å². The standard InChI is InChI=1S/C20H16O4/c1-3-11-23-16-10-9-15-13(2)12-17(21)24-20(15)18(16)19(22)14-7-5-4-6-8-14/h3-10,12H,1,11H2,2H3. The first-order chi connectivity index (χ1) is 11.6. The van der Waals surface area contributed by atoms with Gasteiger partial charge in [0.1, 0.15) is 17.9 Å². The van der Waals surface area contributed by atoms with Gasteiger partial charge in [0.25, 0.3) is 0 Å². The Kier molecular flexibility index (Phi) is 4.29. The summed E-state index contributed by atoms with van der Waals surface area (Å²) in [5.74, 6) is 0.110. The van der Waals surface area contributed by atoms with E-state index in [2.05, 4.69) is 6.58 Å². The van der Waals surface area contributed by atoms with E-state index in [-0.39, 0.29) is 23.5 Å². The number of ketones is 1. The molecule has 3 aromatic rings. The molecule has 24 heavy (non-hydrogen) atoms. The van der Waals surface area contributed by atoms with Crippen LogP contribution in [0.4, 0.5) is 0 Å². The molecule has 0 saturated heterocycles. The maximum Gasteiger partial charge on any atom is 0.336 e. The zero-order valence-electron chi connectivity index (χ0n) is 13.2. The lowest BCUT2D eigenvalue weighted by Crippen LogP contribution is -2.09. The number of fused-ring (bicyclic) bond motifs is 1. The lowest BCUT2D eigenvalue weighted by molar-refractivity contribution is 0.103. The van der Waals surface area contributed by atoms with Crippen molar-refractivity contribution in [3.8, 4) is 5.75 Å². The third kappa shape index (κ3) is 2.86. The number of ether oxygens (including phenoxy) is 1. The molecule has 2 aromatic carbocycles. The van der Waals surface area contributed by atoms with Crippen LogP contribution in [-0.2, 0) is 0 Å². The summed E-state index contributed by atoms with van der Waals surface area (Å²) in [6.45, 7) is 5.67. The highest BCUT2D eigenvalue weighted by Gasteiger charge is 2.21. The quantitative estimate of drug-likeness (QED) is 0.406. The molecule has 0 N–H and O–H groups in total. The number of aryl methyl sites for hydroxylation is 1. The van der Waals surface area contributed by atoms with Crippen LogP contribution in [0.5, 0.6) is 5.75 Å². The molecule has 0 bridgehead atoms. The van der Waals surface area contributed by atoms with Crippen LogP contribution in [0.25, 0.3) is 11.0 Å². The van der Waals surface area contributed by atoms with E-state index >= 15 is 0 Å². The van der Waals surface area contributed by atoms with Crippen LogP contribution >= 0.6 is 0 Å². The van der Waals surface area contributed by atoms with E-state index in [4.69, 9.17) is 9.15 Å². The van der Waals surface area contributed by atoms with Gasteiger partial charge < -0.3 is 9.15 Å². The van der Waals surface area contributed by atoms with E-state index in [1.165, 1.54) is 6.07 Å². The average molecular weight is 320 g/mol. The molecule has 0 atom stereocenters. The smallest absolute Gasteiger partial charge is 0.336 e. The fourth-order valence-electron chi connectivity index (χ4n) is 2.58. The number of carbonyl (C=O) groups is 1. The van der Waals surface area contributed by atoms with Crippen LogP contribution in [0.1, 0.15) is 21.5 Å². The van der Waals surface area contributed by atoms with Crippen molar-refractivity contribution < 1.29 is 13.9 Å². The van der Waals surface area contributed by atoms with Gasteiger partial charge in [-0.05, 0) is 24.6 Å². The predicted octanol–water partition coefficient (Wildman–Crippen LogP) is 3.90. The highest BCUT2D eigenvalue weighted by Crippen LogP contribution is 2.31. The maximum atomic E-state index is 13.0. The van der Waals surface area contributed by atoms with Crippen molar-refractivity contribution in [3.63, 3.8) is 0 Å². The lowest BCUT2D eigenvalue weighted by atomic mass is 9.98. The third-order valence-corrected chi connectivity index (χ3v) is 3.70. The summed E-state index contributed by atoms with van der Waals surface area (Å²) in [6, 6.07) is 13.7. The molecule has 0 radical (unpaired) electrons. The van der Waals surface area contributed by atoms with Crippen LogP contribution in [0.15, 0.2) is 70.4 Å². The van der Waals surface area contributed by atoms with Crippen molar-refractivity contribution in [2.75, 3.05) is 6.61 Å². The number of rotatable bonds is 5. The van der Waals surface area contributed by atoms with Gasteiger partial charge >= 0.3 is 5.63 Å². The first kappa shape index (κ1) is 15.7. The highest BCUT2D eigenvalue weighted by molar-refractivity contribution is 6.17. The monoisotopic (exact) mass is 320 g/mol. The molecular formula is C20H16O4. The molecular weight excluding hydrogens is 304 g/mol. The molecule has 0 amide bonds. The van der Waals surface area contributed by atoms with Gasteiger partial charge in [0.05, 0.1) is 0 Å². The number of hydrogen-bond donors (Lipinski definition) is 0. The normalized spacial score (nSPS) is 10.5. The maximum absolute atomic E-state index is 13.0. The second kappa shape index (κ2) is 6.54. The van der Waals surface area contributed by atoms with Crippen molar-refractivity contribution >= 4 is 16.8 Å². The molecule has 0 spiro atoms. The van der Waals surface area contributed by atoms with E-state index in [1.807, 2.05) is 6.07 Å². The molecule has 120 valence electrons. The predicted molar refractivity (Wildman–Crippen MR) is 92.8 cm³/mol. The van der Waals surface area contributed by atoms with E-state index in [0.717, 1.165) is 5.56 Å². The Bertz CT molecular complexity index is 968. The van der Waals surface area contributed by atoms with Gasteiger partial charge in [-0.15, -0.1) is 0 Å². The Balaban J connectivity index is 2.30. The fourth-order valence-corrected chi connectivity index (χ4v) is 2.58. The number of benzene rings is 2. The summed E-state index contributed by atoms with van der Waals surface area (Å²) in [7, 11) is 0. The van der Waals surface area contributed by atoms with Crippen molar-refractivity contribution in [2.45, 2.75) is 6.92 Å². The van der Waals surface area contributed by atoms with E-state index in [1.54, 1.807) is 49.4 Å². The van der Waals surface area contributed by atoms with Crippen LogP contribution < -0.4 is 10.4 Å². The fraction of sp³-hybridized carbons (Fsp3) is 0.100. The first-order valence-electron chi connectivity index (χ1n) is 7.52. The van der Waals surface area contributed by atoms with E-state index in [0.29, 0.717) is 16.7 Å². The molecule has 0 saturated carbocycles. The molecule has 0 aliphatic rings. The highest BCUT2D eigenvalue weighted by atomic mass is 16.5. The Hall–Kier alpha value is -3.14. The molecule has 0 aliphatic heterocycles. The van der Waals surface area contributed by atoms with Crippen molar-refractivity contribution in [1.82, 2.24) is 0 Å². The molecule has 3 rings (SSSR count).